The zero-order valence-corrected chi connectivity index (χ0v) is 10.6. The van der Waals surface area contributed by atoms with Crippen molar-refractivity contribution in [3.63, 3.8) is 0 Å². The van der Waals surface area contributed by atoms with E-state index in [4.69, 9.17) is 10.5 Å². The van der Waals surface area contributed by atoms with Gasteiger partial charge in [0.2, 0.25) is 5.88 Å². The number of aromatic nitrogens is 2. The zero-order valence-electron chi connectivity index (χ0n) is 10.6. The Hall–Kier alpha value is -1.16. The van der Waals surface area contributed by atoms with Crippen molar-refractivity contribution >= 4 is 0 Å². The molecule has 0 unspecified atom stereocenters. The average Bonchev–Trinajstić information content (AvgIpc) is 2.75. The summed E-state index contributed by atoms with van der Waals surface area (Å²) in [6.45, 7) is 4.77. The van der Waals surface area contributed by atoms with Crippen molar-refractivity contribution in [3.05, 3.63) is 18.1 Å². The van der Waals surface area contributed by atoms with Gasteiger partial charge in [0.25, 0.3) is 0 Å². The summed E-state index contributed by atoms with van der Waals surface area (Å²) in [6, 6.07) is 1.91. The van der Waals surface area contributed by atoms with Gasteiger partial charge in [-0.15, -0.1) is 0 Å². The third-order valence-corrected chi connectivity index (χ3v) is 3.36. The van der Waals surface area contributed by atoms with Crippen LogP contribution in [-0.4, -0.2) is 22.1 Å². The summed E-state index contributed by atoms with van der Waals surface area (Å²) in [4.78, 5) is 8.34. The third kappa shape index (κ3) is 3.16. The van der Waals surface area contributed by atoms with E-state index in [1.165, 1.54) is 12.8 Å². The first-order valence-electron chi connectivity index (χ1n) is 6.33. The van der Waals surface area contributed by atoms with E-state index in [1.807, 2.05) is 6.07 Å². The maximum absolute atomic E-state index is 6.24. The van der Waals surface area contributed by atoms with Gasteiger partial charge in [-0.1, -0.05) is 26.7 Å². The van der Waals surface area contributed by atoms with Gasteiger partial charge < -0.3 is 10.5 Å². The first-order valence-corrected chi connectivity index (χ1v) is 6.33. The Morgan fingerprint density at radius 2 is 2.06 bits per heavy atom. The fraction of sp³-hybridized carbons (Fsp3) is 0.692. The zero-order chi connectivity index (χ0) is 12.3. The van der Waals surface area contributed by atoms with Crippen LogP contribution < -0.4 is 10.5 Å². The van der Waals surface area contributed by atoms with E-state index >= 15 is 0 Å². The van der Waals surface area contributed by atoms with Gasteiger partial charge in [-0.25, -0.2) is 9.97 Å². The minimum Gasteiger partial charge on any atom is -0.476 e. The molecular formula is C13H21N3O. The van der Waals surface area contributed by atoms with E-state index in [1.54, 1.807) is 6.33 Å². The molecule has 0 bridgehead atoms. The SMILES string of the molecule is CC(C)c1cc(OCC2(N)CCCC2)ncn1. The van der Waals surface area contributed by atoms with Gasteiger partial charge in [-0.2, -0.15) is 0 Å². The van der Waals surface area contributed by atoms with Crippen LogP contribution in [0, 0.1) is 0 Å². The van der Waals surface area contributed by atoms with E-state index in [-0.39, 0.29) is 5.54 Å². The highest BCUT2D eigenvalue weighted by molar-refractivity contribution is 5.16. The van der Waals surface area contributed by atoms with Crippen LogP contribution in [0.1, 0.15) is 51.1 Å². The summed E-state index contributed by atoms with van der Waals surface area (Å²) in [7, 11) is 0. The van der Waals surface area contributed by atoms with Crippen LogP contribution in [0.5, 0.6) is 5.88 Å². The van der Waals surface area contributed by atoms with Crippen molar-refractivity contribution in [1.29, 1.82) is 0 Å². The van der Waals surface area contributed by atoms with Crippen LogP contribution in [-0.2, 0) is 0 Å². The Morgan fingerprint density at radius 3 is 2.71 bits per heavy atom. The lowest BCUT2D eigenvalue weighted by Crippen LogP contribution is -2.42. The molecule has 0 spiro atoms. The molecular weight excluding hydrogens is 214 g/mol. The van der Waals surface area contributed by atoms with Crippen molar-refractivity contribution in [2.24, 2.45) is 5.73 Å². The number of hydrogen-bond acceptors (Lipinski definition) is 4. The van der Waals surface area contributed by atoms with Crippen molar-refractivity contribution in [3.8, 4) is 5.88 Å². The molecule has 1 aliphatic rings. The Morgan fingerprint density at radius 1 is 1.35 bits per heavy atom. The van der Waals surface area contributed by atoms with Gasteiger partial charge in [-0.3, -0.25) is 0 Å². The fourth-order valence-electron chi connectivity index (χ4n) is 2.19. The molecule has 1 aliphatic carbocycles. The molecule has 1 saturated carbocycles. The van der Waals surface area contributed by atoms with Crippen molar-refractivity contribution in [1.82, 2.24) is 9.97 Å². The second kappa shape index (κ2) is 5.00. The van der Waals surface area contributed by atoms with Gasteiger partial charge in [0.1, 0.15) is 12.9 Å². The third-order valence-electron chi connectivity index (χ3n) is 3.36. The molecule has 0 atom stereocenters. The standard InChI is InChI=1S/C13H21N3O/c1-10(2)11-7-12(16-9-15-11)17-8-13(14)5-3-4-6-13/h7,9-10H,3-6,8,14H2,1-2H3. The molecule has 2 N–H and O–H groups in total. The van der Waals surface area contributed by atoms with Crippen LogP contribution >= 0.6 is 0 Å². The molecule has 17 heavy (non-hydrogen) atoms. The van der Waals surface area contributed by atoms with Gasteiger partial charge >= 0.3 is 0 Å². The highest BCUT2D eigenvalue weighted by Gasteiger charge is 2.30. The molecule has 4 nitrogen and oxygen atoms in total. The number of nitrogens with two attached hydrogens (primary N) is 1. The second-order valence-electron chi connectivity index (χ2n) is 5.29. The Balaban J connectivity index is 1.96. The lowest BCUT2D eigenvalue weighted by Gasteiger charge is -2.23. The maximum Gasteiger partial charge on any atom is 0.216 e. The van der Waals surface area contributed by atoms with Crippen LogP contribution in [0.3, 0.4) is 0 Å². The summed E-state index contributed by atoms with van der Waals surface area (Å²) in [5, 5.41) is 0. The number of hydrogen-bond donors (Lipinski definition) is 1. The molecule has 1 aromatic rings. The predicted octanol–water partition coefficient (Wildman–Crippen LogP) is 2.25. The van der Waals surface area contributed by atoms with E-state index in [0.29, 0.717) is 18.4 Å². The van der Waals surface area contributed by atoms with Crippen LogP contribution in [0.15, 0.2) is 12.4 Å². The lowest BCUT2D eigenvalue weighted by molar-refractivity contribution is 0.213. The summed E-state index contributed by atoms with van der Waals surface area (Å²) >= 11 is 0. The average molecular weight is 235 g/mol. The largest absolute Gasteiger partial charge is 0.476 e. The Kier molecular flexibility index (Phi) is 3.62. The van der Waals surface area contributed by atoms with E-state index in [2.05, 4.69) is 23.8 Å². The number of rotatable bonds is 4. The van der Waals surface area contributed by atoms with Crippen molar-refractivity contribution in [2.75, 3.05) is 6.61 Å². The van der Waals surface area contributed by atoms with Crippen LogP contribution in [0.2, 0.25) is 0 Å². The molecule has 4 heteroatoms. The Labute approximate surface area is 103 Å². The minimum absolute atomic E-state index is 0.150. The predicted molar refractivity (Wildman–Crippen MR) is 67.0 cm³/mol. The van der Waals surface area contributed by atoms with Gasteiger partial charge in [0.05, 0.1) is 11.2 Å². The van der Waals surface area contributed by atoms with Crippen molar-refractivity contribution in [2.45, 2.75) is 51.0 Å². The molecule has 0 amide bonds. The first-order chi connectivity index (χ1) is 8.09. The minimum atomic E-state index is -0.150. The Bertz CT molecular complexity index is 373. The molecule has 1 aromatic heterocycles. The monoisotopic (exact) mass is 235 g/mol. The molecule has 1 heterocycles. The van der Waals surface area contributed by atoms with Gasteiger partial charge in [-0.05, 0) is 18.8 Å². The summed E-state index contributed by atoms with van der Waals surface area (Å²) in [6.07, 6.45) is 6.08. The van der Waals surface area contributed by atoms with Crippen LogP contribution in [0.4, 0.5) is 0 Å². The molecule has 1 fully saturated rings. The van der Waals surface area contributed by atoms with E-state index in [0.717, 1.165) is 18.5 Å². The lowest BCUT2D eigenvalue weighted by atomic mass is 10.0. The highest BCUT2D eigenvalue weighted by atomic mass is 16.5. The molecule has 0 aliphatic heterocycles. The summed E-state index contributed by atoms with van der Waals surface area (Å²) < 4.78 is 5.71. The smallest absolute Gasteiger partial charge is 0.216 e. The second-order valence-corrected chi connectivity index (χ2v) is 5.29. The fourth-order valence-corrected chi connectivity index (χ4v) is 2.19. The normalized spacial score (nSPS) is 18.6. The molecule has 0 saturated heterocycles. The molecule has 2 rings (SSSR count). The summed E-state index contributed by atoms with van der Waals surface area (Å²) in [5.74, 6) is 1.03. The van der Waals surface area contributed by atoms with Crippen LogP contribution in [0.25, 0.3) is 0 Å². The molecule has 0 aromatic carbocycles. The van der Waals surface area contributed by atoms with Gasteiger partial charge in [0.15, 0.2) is 0 Å². The topological polar surface area (TPSA) is 61.0 Å². The quantitative estimate of drug-likeness (QED) is 0.869. The molecule has 94 valence electrons. The first kappa shape index (κ1) is 12.3. The number of ether oxygens (including phenoxy) is 1. The van der Waals surface area contributed by atoms with E-state index in [9.17, 15) is 0 Å². The number of nitrogens with zero attached hydrogens (tertiary/aromatic N) is 2. The van der Waals surface area contributed by atoms with Crippen molar-refractivity contribution < 1.29 is 4.74 Å². The summed E-state index contributed by atoms with van der Waals surface area (Å²) in [5.41, 5.74) is 7.09. The molecule has 0 radical (unpaired) electrons. The van der Waals surface area contributed by atoms with Gasteiger partial charge in [0, 0.05) is 6.07 Å². The maximum atomic E-state index is 6.24. The highest BCUT2D eigenvalue weighted by Crippen LogP contribution is 2.27. The van der Waals surface area contributed by atoms with E-state index < -0.39 is 0 Å².